The number of carbonyl (C=O) groups is 1. The van der Waals surface area contributed by atoms with E-state index in [0.717, 1.165) is 37.2 Å². The standard InChI is InChI=1S/C13H19BrN4O2.ClH/c14-11-1-2-13(20)18(9-11)10-12(19)16-5-8-17-6-3-15-4-7-17;/h1-2,9,15H,3-8,10H2,(H,16,19);1H. The van der Waals surface area contributed by atoms with Crippen LogP contribution in [-0.2, 0) is 11.3 Å². The molecule has 1 aromatic rings. The second-order valence-corrected chi connectivity index (χ2v) is 5.67. The van der Waals surface area contributed by atoms with E-state index in [0.29, 0.717) is 6.54 Å². The van der Waals surface area contributed by atoms with Crippen LogP contribution in [0.15, 0.2) is 27.6 Å². The molecule has 21 heavy (non-hydrogen) atoms. The summed E-state index contributed by atoms with van der Waals surface area (Å²) in [7, 11) is 0. The Hall–Kier alpha value is -0.890. The summed E-state index contributed by atoms with van der Waals surface area (Å²) < 4.78 is 2.18. The van der Waals surface area contributed by atoms with Crippen LogP contribution in [0.25, 0.3) is 0 Å². The number of aromatic nitrogens is 1. The third kappa shape index (κ3) is 6.17. The van der Waals surface area contributed by atoms with Crippen molar-refractivity contribution in [3.63, 3.8) is 0 Å². The average molecular weight is 380 g/mol. The highest BCUT2D eigenvalue weighted by atomic mass is 79.9. The molecule has 0 spiro atoms. The van der Waals surface area contributed by atoms with Gasteiger partial charge in [0, 0.05) is 56.0 Å². The van der Waals surface area contributed by atoms with Gasteiger partial charge in [-0.15, -0.1) is 12.4 Å². The number of hydrogen-bond acceptors (Lipinski definition) is 4. The van der Waals surface area contributed by atoms with Crippen molar-refractivity contribution >= 4 is 34.2 Å². The molecule has 2 heterocycles. The number of nitrogens with one attached hydrogen (secondary N) is 2. The molecule has 0 bridgehead atoms. The minimum atomic E-state index is -0.176. The molecule has 1 saturated heterocycles. The number of carbonyl (C=O) groups excluding carboxylic acids is 1. The maximum Gasteiger partial charge on any atom is 0.251 e. The first-order valence-electron chi connectivity index (χ1n) is 6.71. The van der Waals surface area contributed by atoms with E-state index in [1.807, 2.05) is 0 Å². The molecule has 6 nitrogen and oxygen atoms in total. The Balaban J connectivity index is 0.00000220. The second kappa shape index (κ2) is 9.19. The Morgan fingerprint density at radius 3 is 2.76 bits per heavy atom. The zero-order valence-corrected chi connectivity index (χ0v) is 14.1. The van der Waals surface area contributed by atoms with Gasteiger partial charge in [-0.2, -0.15) is 0 Å². The zero-order valence-electron chi connectivity index (χ0n) is 11.7. The van der Waals surface area contributed by atoms with Crippen molar-refractivity contribution in [1.82, 2.24) is 20.1 Å². The van der Waals surface area contributed by atoms with Crippen molar-refractivity contribution < 1.29 is 4.79 Å². The van der Waals surface area contributed by atoms with Gasteiger partial charge in [0.2, 0.25) is 5.91 Å². The Bertz CT molecular complexity index is 517. The Labute approximate surface area is 138 Å². The highest BCUT2D eigenvalue weighted by molar-refractivity contribution is 9.10. The van der Waals surface area contributed by atoms with Crippen molar-refractivity contribution in [3.05, 3.63) is 33.2 Å². The van der Waals surface area contributed by atoms with Crippen LogP contribution in [0.4, 0.5) is 0 Å². The van der Waals surface area contributed by atoms with E-state index >= 15 is 0 Å². The van der Waals surface area contributed by atoms with Crippen molar-refractivity contribution in [2.24, 2.45) is 0 Å². The number of nitrogens with zero attached hydrogens (tertiary/aromatic N) is 2. The number of amides is 1. The highest BCUT2D eigenvalue weighted by Gasteiger charge is 2.09. The molecule has 0 aliphatic carbocycles. The lowest BCUT2D eigenvalue weighted by molar-refractivity contribution is -0.121. The molecule has 0 unspecified atom stereocenters. The summed E-state index contributed by atoms with van der Waals surface area (Å²) in [5, 5.41) is 6.14. The molecule has 0 aromatic carbocycles. The predicted octanol–water partition coefficient (Wildman–Crippen LogP) is 0.0540. The molecule has 2 N–H and O–H groups in total. The third-order valence-electron chi connectivity index (χ3n) is 3.22. The molecule has 1 aromatic heterocycles. The van der Waals surface area contributed by atoms with Crippen LogP contribution >= 0.6 is 28.3 Å². The van der Waals surface area contributed by atoms with Gasteiger partial charge in [-0.25, -0.2) is 0 Å². The maximum absolute atomic E-state index is 11.8. The quantitative estimate of drug-likeness (QED) is 0.759. The van der Waals surface area contributed by atoms with Gasteiger partial charge in [0.15, 0.2) is 0 Å². The summed E-state index contributed by atoms with van der Waals surface area (Å²) in [4.78, 5) is 25.7. The number of piperazine rings is 1. The fourth-order valence-electron chi connectivity index (χ4n) is 2.12. The van der Waals surface area contributed by atoms with Gasteiger partial charge in [-0.1, -0.05) is 0 Å². The normalized spacial score (nSPS) is 15.3. The highest BCUT2D eigenvalue weighted by Crippen LogP contribution is 2.04. The van der Waals surface area contributed by atoms with Crippen molar-refractivity contribution in [1.29, 1.82) is 0 Å². The lowest BCUT2D eigenvalue weighted by Crippen LogP contribution is -2.46. The van der Waals surface area contributed by atoms with Crippen LogP contribution in [-0.4, -0.2) is 54.6 Å². The van der Waals surface area contributed by atoms with Gasteiger partial charge in [0.25, 0.3) is 5.56 Å². The SMILES string of the molecule is Cl.O=C(Cn1cc(Br)ccc1=O)NCCN1CCNCC1. The number of pyridine rings is 1. The minimum Gasteiger partial charge on any atom is -0.353 e. The molecular weight excluding hydrogens is 360 g/mol. The lowest BCUT2D eigenvalue weighted by Gasteiger charge is -2.27. The lowest BCUT2D eigenvalue weighted by atomic mass is 10.3. The molecule has 1 aliphatic rings. The maximum atomic E-state index is 11.8. The molecule has 0 saturated carbocycles. The summed E-state index contributed by atoms with van der Waals surface area (Å²) in [6.07, 6.45) is 1.62. The van der Waals surface area contributed by atoms with Crippen LogP contribution in [0, 0.1) is 0 Å². The first-order chi connectivity index (χ1) is 9.65. The molecule has 2 rings (SSSR count). The van der Waals surface area contributed by atoms with Crippen LogP contribution in [0.5, 0.6) is 0 Å². The summed E-state index contributed by atoms with van der Waals surface area (Å²) in [5.74, 6) is -0.139. The smallest absolute Gasteiger partial charge is 0.251 e. The Kier molecular flexibility index (Phi) is 7.95. The van der Waals surface area contributed by atoms with Gasteiger partial charge in [0.1, 0.15) is 6.54 Å². The molecular formula is C13H20BrClN4O2. The molecule has 1 amide bonds. The fourth-order valence-corrected chi connectivity index (χ4v) is 2.50. The van der Waals surface area contributed by atoms with Crippen molar-refractivity contribution in [2.45, 2.75) is 6.54 Å². The molecule has 1 fully saturated rings. The predicted molar refractivity (Wildman–Crippen MR) is 88.0 cm³/mol. The van der Waals surface area contributed by atoms with Crippen LogP contribution in [0.2, 0.25) is 0 Å². The van der Waals surface area contributed by atoms with E-state index < -0.39 is 0 Å². The van der Waals surface area contributed by atoms with E-state index in [2.05, 4.69) is 31.5 Å². The van der Waals surface area contributed by atoms with E-state index in [-0.39, 0.29) is 30.4 Å². The van der Waals surface area contributed by atoms with Gasteiger partial charge >= 0.3 is 0 Å². The van der Waals surface area contributed by atoms with Crippen LogP contribution < -0.4 is 16.2 Å². The van der Waals surface area contributed by atoms with Crippen LogP contribution in [0.3, 0.4) is 0 Å². The van der Waals surface area contributed by atoms with Gasteiger partial charge < -0.3 is 15.2 Å². The summed E-state index contributed by atoms with van der Waals surface area (Å²) in [6.45, 7) is 5.55. The summed E-state index contributed by atoms with van der Waals surface area (Å²) in [6, 6.07) is 3.11. The van der Waals surface area contributed by atoms with Gasteiger partial charge in [-0.05, 0) is 22.0 Å². The monoisotopic (exact) mass is 378 g/mol. The zero-order chi connectivity index (χ0) is 14.4. The first-order valence-corrected chi connectivity index (χ1v) is 7.50. The van der Waals surface area contributed by atoms with Crippen molar-refractivity contribution in [3.8, 4) is 0 Å². The largest absolute Gasteiger partial charge is 0.353 e. The summed E-state index contributed by atoms with van der Waals surface area (Å²) >= 11 is 3.29. The second-order valence-electron chi connectivity index (χ2n) is 4.76. The van der Waals surface area contributed by atoms with Gasteiger partial charge in [0.05, 0.1) is 0 Å². The third-order valence-corrected chi connectivity index (χ3v) is 3.69. The number of halogens is 2. The number of hydrogen-bond donors (Lipinski definition) is 2. The Morgan fingerprint density at radius 1 is 1.33 bits per heavy atom. The van der Waals surface area contributed by atoms with E-state index in [1.165, 1.54) is 10.6 Å². The molecule has 0 atom stereocenters. The minimum absolute atomic E-state index is 0. The number of rotatable bonds is 5. The molecule has 0 radical (unpaired) electrons. The first kappa shape index (κ1) is 18.2. The Morgan fingerprint density at radius 2 is 2.05 bits per heavy atom. The summed E-state index contributed by atoms with van der Waals surface area (Å²) in [5.41, 5.74) is -0.176. The fraction of sp³-hybridized carbons (Fsp3) is 0.538. The van der Waals surface area contributed by atoms with Crippen LogP contribution in [0.1, 0.15) is 0 Å². The van der Waals surface area contributed by atoms with E-state index in [9.17, 15) is 9.59 Å². The van der Waals surface area contributed by atoms with Crippen molar-refractivity contribution in [2.75, 3.05) is 39.3 Å². The molecule has 8 heteroatoms. The van der Waals surface area contributed by atoms with E-state index in [4.69, 9.17) is 0 Å². The van der Waals surface area contributed by atoms with E-state index in [1.54, 1.807) is 12.3 Å². The average Bonchev–Trinajstić information content (AvgIpc) is 2.44. The van der Waals surface area contributed by atoms with Gasteiger partial charge in [-0.3, -0.25) is 14.5 Å². The molecule has 1 aliphatic heterocycles. The molecule has 118 valence electrons. The topological polar surface area (TPSA) is 66.4 Å².